The van der Waals surface area contributed by atoms with E-state index in [0.29, 0.717) is 22.9 Å². The lowest BCUT2D eigenvalue weighted by molar-refractivity contribution is -0.122. The first-order chi connectivity index (χ1) is 13.1. The quantitative estimate of drug-likeness (QED) is 0.828. The molecule has 0 bridgehead atoms. The molecule has 1 aliphatic heterocycles. The van der Waals surface area contributed by atoms with E-state index in [4.69, 9.17) is 9.47 Å². The largest absolute Gasteiger partial charge is 0.489 e. The minimum atomic E-state index is -3.57. The van der Waals surface area contributed by atoms with Gasteiger partial charge in [0.15, 0.2) is 6.10 Å². The highest BCUT2D eigenvalue weighted by Crippen LogP contribution is 2.36. The van der Waals surface area contributed by atoms with E-state index in [1.54, 1.807) is 30.3 Å². The molecule has 0 aromatic heterocycles. The van der Waals surface area contributed by atoms with E-state index >= 15 is 0 Å². The fourth-order valence-electron chi connectivity index (χ4n) is 2.95. The first-order valence-corrected chi connectivity index (χ1v) is 10.8. The Bertz CT molecular complexity index is 988. The summed E-state index contributed by atoms with van der Waals surface area (Å²) in [6.45, 7) is 5.55. The molecular weight excluding hydrogens is 380 g/mol. The smallest absolute Gasteiger partial charge is 0.267 e. The van der Waals surface area contributed by atoms with Crippen molar-refractivity contribution in [2.24, 2.45) is 0 Å². The SMILES string of the molecule is Cc1ccc2c(c1)N(S(C)(=O)=O)CC(C(=O)Nc1ccccc1OC(C)C)O2. The van der Waals surface area contributed by atoms with Crippen LogP contribution in [0.25, 0.3) is 0 Å². The summed E-state index contributed by atoms with van der Waals surface area (Å²) in [6, 6.07) is 12.3. The summed E-state index contributed by atoms with van der Waals surface area (Å²) in [4.78, 5) is 12.8. The highest BCUT2D eigenvalue weighted by atomic mass is 32.2. The third-order valence-electron chi connectivity index (χ3n) is 4.18. The molecule has 150 valence electrons. The minimum Gasteiger partial charge on any atom is -0.489 e. The van der Waals surface area contributed by atoms with Gasteiger partial charge < -0.3 is 14.8 Å². The fraction of sp³-hybridized carbons (Fsp3) is 0.350. The van der Waals surface area contributed by atoms with Crippen LogP contribution in [0.1, 0.15) is 19.4 Å². The van der Waals surface area contributed by atoms with Gasteiger partial charge in [0.05, 0.1) is 30.3 Å². The summed E-state index contributed by atoms with van der Waals surface area (Å²) < 4.78 is 37.3. The van der Waals surface area contributed by atoms with Gasteiger partial charge in [0.2, 0.25) is 10.0 Å². The van der Waals surface area contributed by atoms with Crippen LogP contribution in [0.15, 0.2) is 42.5 Å². The maximum atomic E-state index is 12.8. The second-order valence-electron chi connectivity index (χ2n) is 7.02. The van der Waals surface area contributed by atoms with Crippen molar-refractivity contribution in [3.63, 3.8) is 0 Å². The Morgan fingerprint density at radius 2 is 1.96 bits per heavy atom. The summed E-state index contributed by atoms with van der Waals surface area (Å²) in [7, 11) is -3.57. The fourth-order valence-corrected chi connectivity index (χ4v) is 3.86. The van der Waals surface area contributed by atoms with Crippen LogP contribution in [0.3, 0.4) is 0 Å². The molecule has 0 saturated heterocycles. The number of amides is 1. The van der Waals surface area contributed by atoms with Crippen molar-refractivity contribution in [2.45, 2.75) is 33.0 Å². The van der Waals surface area contributed by atoms with Crippen molar-refractivity contribution in [3.05, 3.63) is 48.0 Å². The van der Waals surface area contributed by atoms with Gasteiger partial charge in [-0.3, -0.25) is 9.10 Å². The number of benzene rings is 2. The van der Waals surface area contributed by atoms with E-state index in [2.05, 4.69) is 5.32 Å². The van der Waals surface area contributed by atoms with Crippen LogP contribution in [0.2, 0.25) is 0 Å². The monoisotopic (exact) mass is 404 g/mol. The lowest BCUT2D eigenvalue weighted by atomic mass is 10.1. The van der Waals surface area contributed by atoms with Crippen LogP contribution in [-0.4, -0.2) is 39.3 Å². The molecule has 1 N–H and O–H groups in total. The average molecular weight is 404 g/mol. The molecule has 1 amide bonds. The number of carbonyl (C=O) groups excluding carboxylic acids is 1. The molecule has 1 heterocycles. The van der Waals surface area contributed by atoms with Crippen LogP contribution in [0.4, 0.5) is 11.4 Å². The Kier molecular flexibility index (Phi) is 5.51. The standard InChI is InChI=1S/C20H24N2O5S/c1-13(2)26-17-8-6-5-7-15(17)21-20(23)19-12-22(28(4,24)25)16-11-14(3)9-10-18(16)27-19/h5-11,13,19H,12H2,1-4H3,(H,21,23). The number of nitrogens with one attached hydrogen (secondary N) is 1. The topological polar surface area (TPSA) is 84.9 Å². The summed E-state index contributed by atoms with van der Waals surface area (Å²) in [5, 5.41) is 2.79. The molecule has 28 heavy (non-hydrogen) atoms. The molecular formula is C20H24N2O5S. The van der Waals surface area contributed by atoms with E-state index in [-0.39, 0.29) is 12.6 Å². The molecule has 0 radical (unpaired) electrons. The maximum Gasteiger partial charge on any atom is 0.267 e. The molecule has 0 fully saturated rings. The van der Waals surface area contributed by atoms with E-state index in [1.807, 2.05) is 32.9 Å². The van der Waals surface area contributed by atoms with Gasteiger partial charge in [0.25, 0.3) is 5.91 Å². The molecule has 0 spiro atoms. The third kappa shape index (κ3) is 4.39. The van der Waals surface area contributed by atoms with Gasteiger partial charge in [0.1, 0.15) is 11.5 Å². The zero-order valence-corrected chi connectivity index (χ0v) is 17.1. The molecule has 2 aromatic rings. The third-order valence-corrected chi connectivity index (χ3v) is 5.33. The first-order valence-electron chi connectivity index (χ1n) is 8.96. The van der Waals surface area contributed by atoms with Gasteiger partial charge in [0, 0.05) is 0 Å². The first kappa shape index (κ1) is 20.0. The van der Waals surface area contributed by atoms with Gasteiger partial charge in [-0.1, -0.05) is 18.2 Å². The summed E-state index contributed by atoms with van der Waals surface area (Å²) in [5.74, 6) is 0.450. The Morgan fingerprint density at radius 1 is 1.25 bits per heavy atom. The number of anilines is 2. The average Bonchev–Trinajstić information content (AvgIpc) is 2.61. The molecule has 1 atom stereocenters. The van der Waals surface area contributed by atoms with Gasteiger partial charge in [-0.05, 0) is 50.6 Å². The molecule has 8 heteroatoms. The van der Waals surface area contributed by atoms with Crippen LogP contribution >= 0.6 is 0 Å². The van der Waals surface area contributed by atoms with Crippen molar-refractivity contribution >= 4 is 27.3 Å². The predicted octanol–water partition coefficient (Wildman–Crippen LogP) is 2.95. The number of hydrogen-bond donors (Lipinski definition) is 1. The predicted molar refractivity (Wildman–Crippen MR) is 109 cm³/mol. The minimum absolute atomic E-state index is 0.0557. The molecule has 0 aliphatic carbocycles. The molecule has 1 aliphatic rings. The normalized spacial score (nSPS) is 16.3. The van der Waals surface area contributed by atoms with E-state index < -0.39 is 22.0 Å². The highest BCUT2D eigenvalue weighted by molar-refractivity contribution is 7.92. The number of fused-ring (bicyclic) bond motifs is 1. The zero-order chi connectivity index (χ0) is 20.5. The highest BCUT2D eigenvalue weighted by Gasteiger charge is 2.35. The van der Waals surface area contributed by atoms with Crippen LogP contribution in [0.5, 0.6) is 11.5 Å². The van der Waals surface area contributed by atoms with Gasteiger partial charge in [-0.25, -0.2) is 8.42 Å². The molecule has 7 nitrogen and oxygen atoms in total. The van der Waals surface area contributed by atoms with Crippen LogP contribution in [0, 0.1) is 6.92 Å². The van der Waals surface area contributed by atoms with Crippen molar-refractivity contribution in [1.29, 1.82) is 0 Å². The zero-order valence-electron chi connectivity index (χ0n) is 16.3. The summed E-state index contributed by atoms with van der Waals surface area (Å²) >= 11 is 0. The number of rotatable bonds is 5. The molecule has 2 aromatic carbocycles. The lowest BCUT2D eigenvalue weighted by Crippen LogP contribution is -2.48. The number of para-hydroxylation sites is 2. The van der Waals surface area contributed by atoms with Gasteiger partial charge >= 0.3 is 0 Å². The Labute approximate surface area is 165 Å². The Balaban J connectivity index is 1.87. The summed E-state index contributed by atoms with van der Waals surface area (Å²) in [6.07, 6.45) is 0.0717. The summed E-state index contributed by atoms with van der Waals surface area (Å²) in [5.41, 5.74) is 1.85. The second-order valence-corrected chi connectivity index (χ2v) is 8.93. The molecule has 0 saturated carbocycles. The van der Waals surface area contributed by atoms with E-state index in [1.165, 1.54) is 4.31 Å². The van der Waals surface area contributed by atoms with Crippen LogP contribution in [-0.2, 0) is 14.8 Å². The number of aryl methyl sites for hydroxylation is 1. The number of carbonyl (C=O) groups is 1. The number of ether oxygens (including phenoxy) is 2. The Hall–Kier alpha value is -2.74. The van der Waals surface area contributed by atoms with Crippen molar-refractivity contribution in [1.82, 2.24) is 0 Å². The number of sulfonamides is 1. The number of hydrogen-bond acceptors (Lipinski definition) is 5. The number of nitrogens with zero attached hydrogens (tertiary/aromatic N) is 1. The van der Waals surface area contributed by atoms with Crippen molar-refractivity contribution < 1.29 is 22.7 Å². The van der Waals surface area contributed by atoms with E-state index in [0.717, 1.165) is 11.8 Å². The van der Waals surface area contributed by atoms with Crippen molar-refractivity contribution in [2.75, 3.05) is 22.4 Å². The maximum absolute atomic E-state index is 12.8. The van der Waals surface area contributed by atoms with E-state index in [9.17, 15) is 13.2 Å². The van der Waals surface area contributed by atoms with Crippen LogP contribution < -0.4 is 19.1 Å². The van der Waals surface area contributed by atoms with Gasteiger partial charge in [-0.15, -0.1) is 0 Å². The van der Waals surface area contributed by atoms with Crippen molar-refractivity contribution in [3.8, 4) is 11.5 Å². The van der Waals surface area contributed by atoms with Gasteiger partial charge in [-0.2, -0.15) is 0 Å². The Morgan fingerprint density at radius 3 is 2.64 bits per heavy atom. The molecule has 1 unspecified atom stereocenters. The molecule has 3 rings (SSSR count). The lowest BCUT2D eigenvalue weighted by Gasteiger charge is -2.34. The second kappa shape index (κ2) is 7.71.